The first kappa shape index (κ1) is 34.3. The number of carbonyl (C=O) groups excluding carboxylic acids is 1. The normalized spacial score (nSPS) is 20.0. The minimum Gasteiger partial charge on any atom is -0.487 e. The van der Waals surface area contributed by atoms with Crippen molar-refractivity contribution in [2.24, 2.45) is 5.73 Å². The SMILES string of the molecule is CC(C)(C)[Si](C)(C)O[C@H]1Cc2cc(OCc3ccccc3)c(N3CC(=O)NS3(=O)=O)c(F)c2C[C@@H]1N.O=C(O)C(F)(F)F. The molecule has 2 atom stereocenters. The highest BCUT2D eigenvalue weighted by molar-refractivity contribution is 7.92. The first-order valence-corrected chi connectivity index (χ1v) is 17.6. The fraction of sp³-hybridized carbons (Fsp3) is 0.481. The van der Waals surface area contributed by atoms with Gasteiger partial charge in [-0.05, 0) is 53.7 Å². The Hall–Kier alpha value is -3.21. The van der Waals surface area contributed by atoms with Gasteiger partial charge in [0.2, 0.25) is 0 Å². The molecule has 0 bridgehead atoms. The van der Waals surface area contributed by atoms with Crippen LogP contribution in [-0.2, 0) is 43.7 Å². The summed E-state index contributed by atoms with van der Waals surface area (Å²) < 4.78 is 88.3. The Kier molecular flexibility index (Phi) is 9.90. The van der Waals surface area contributed by atoms with Crippen LogP contribution in [0.4, 0.5) is 23.2 Å². The van der Waals surface area contributed by atoms with Crippen LogP contribution >= 0.6 is 0 Å². The first-order chi connectivity index (χ1) is 19.6. The van der Waals surface area contributed by atoms with Crippen molar-refractivity contribution in [3.05, 3.63) is 58.9 Å². The van der Waals surface area contributed by atoms with E-state index in [-0.39, 0.29) is 35.6 Å². The van der Waals surface area contributed by atoms with E-state index in [2.05, 4.69) is 33.9 Å². The number of benzene rings is 2. The highest BCUT2D eigenvalue weighted by Gasteiger charge is 2.44. The molecule has 16 heteroatoms. The number of alkyl halides is 3. The van der Waals surface area contributed by atoms with Crippen molar-refractivity contribution in [2.75, 3.05) is 10.8 Å². The lowest BCUT2D eigenvalue weighted by molar-refractivity contribution is -0.192. The van der Waals surface area contributed by atoms with Crippen LogP contribution in [0.25, 0.3) is 0 Å². The number of aliphatic carboxylic acids is 1. The third-order valence-corrected chi connectivity index (χ3v) is 13.4. The number of rotatable bonds is 6. The number of hydrogen-bond acceptors (Lipinski definition) is 7. The van der Waals surface area contributed by atoms with Gasteiger partial charge in [-0.2, -0.15) is 21.6 Å². The number of anilines is 1. The van der Waals surface area contributed by atoms with E-state index in [1.807, 2.05) is 35.1 Å². The summed E-state index contributed by atoms with van der Waals surface area (Å²) in [6, 6.07) is 10.5. The van der Waals surface area contributed by atoms with E-state index in [9.17, 15) is 26.4 Å². The van der Waals surface area contributed by atoms with Crippen molar-refractivity contribution in [3.8, 4) is 5.75 Å². The zero-order valence-corrected chi connectivity index (χ0v) is 26.1. The van der Waals surface area contributed by atoms with E-state index in [4.69, 9.17) is 24.8 Å². The van der Waals surface area contributed by atoms with E-state index in [0.717, 1.165) is 9.87 Å². The van der Waals surface area contributed by atoms with Crippen molar-refractivity contribution in [2.45, 2.75) is 76.7 Å². The molecule has 10 nitrogen and oxygen atoms in total. The summed E-state index contributed by atoms with van der Waals surface area (Å²) in [6.45, 7) is 10.3. The van der Waals surface area contributed by atoms with Crippen molar-refractivity contribution in [3.63, 3.8) is 0 Å². The van der Waals surface area contributed by atoms with Crippen molar-refractivity contribution in [1.29, 1.82) is 0 Å². The first-order valence-electron chi connectivity index (χ1n) is 13.2. The van der Waals surface area contributed by atoms with Crippen LogP contribution in [0.15, 0.2) is 36.4 Å². The third kappa shape index (κ3) is 8.04. The van der Waals surface area contributed by atoms with Crippen molar-refractivity contribution < 1.29 is 49.8 Å². The second-order valence-corrected chi connectivity index (χ2v) is 18.1. The standard InChI is InChI=1S/C25H34FN3O5SSi.C2HF3O2/c1-25(2,3)36(4,5)34-20-11-17-12-21(33-15-16-9-7-6-8-10-16)24(23(26)18(17)13-19(20)27)29-14-22(30)28-35(29,31)32;3-2(4,5)1(6)7/h6-10,12,19-20H,11,13-15,27H2,1-5H3,(H,28,30);(H,6,7)/t19-,20-;/m0./s1. The summed E-state index contributed by atoms with van der Waals surface area (Å²) >= 11 is 0. The highest BCUT2D eigenvalue weighted by Crippen LogP contribution is 2.43. The molecule has 1 fully saturated rings. The number of carboxylic acids is 1. The molecule has 238 valence electrons. The predicted molar refractivity (Wildman–Crippen MR) is 153 cm³/mol. The Labute approximate surface area is 248 Å². The Morgan fingerprint density at radius 2 is 1.74 bits per heavy atom. The molecule has 4 N–H and O–H groups in total. The van der Waals surface area contributed by atoms with Crippen LogP contribution in [-0.4, -0.2) is 58.6 Å². The van der Waals surface area contributed by atoms with Gasteiger partial charge in [0.25, 0.3) is 5.91 Å². The Morgan fingerprint density at radius 1 is 1.16 bits per heavy atom. The van der Waals surface area contributed by atoms with E-state index in [1.54, 1.807) is 6.07 Å². The Bertz CT molecular complexity index is 1470. The fourth-order valence-corrected chi connectivity index (χ4v) is 6.78. The molecule has 1 aliphatic heterocycles. The van der Waals surface area contributed by atoms with Gasteiger partial charge in [-0.25, -0.2) is 18.2 Å². The van der Waals surface area contributed by atoms with Crippen LogP contribution < -0.4 is 19.5 Å². The summed E-state index contributed by atoms with van der Waals surface area (Å²) in [6.07, 6.45) is -4.82. The van der Waals surface area contributed by atoms with Crippen LogP contribution in [0.5, 0.6) is 5.75 Å². The number of halogens is 4. The second kappa shape index (κ2) is 12.4. The lowest BCUT2D eigenvalue weighted by atomic mass is 9.85. The van der Waals surface area contributed by atoms with Gasteiger partial charge >= 0.3 is 22.4 Å². The molecule has 0 aromatic heterocycles. The Balaban J connectivity index is 0.000000646. The average molecular weight is 650 g/mol. The average Bonchev–Trinajstić information content (AvgIpc) is 3.14. The van der Waals surface area contributed by atoms with E-state index in [0.29, 0.717) is 17.5 Å². The van der Waals surface area contributed by atoms with E-state index >= 15 is 4.39 Å². The highest BCUT2D eigenvalue weighted by atomic mass is 32.2. The number of ether oxygens (including phenoxy) is 1. The minimum absolute atomic E-state index is 0.0181. The number of nitrogens with zero attached hydrogens (tertiary/aromatic N) is 1. The van der Waals surface area contributed by atoms with Crippen LogP contribution in [0.1, 0.15) is 37.5 Å². The molecule has 43 heavy (non-hydrogen) atoms. The summed E-state index contributed by atoms with van der Waals surface area (Å²) in [5, 5.41) is 7.11. The lowest BCUT2D eigenvalue weighted by Crippen LogP contribution is -2.52. The quantitative estimate of drug-likeness (QED) is 0.314. The fourth-order valence-electron chi connectivity index (χ4n) is 4.25. The molecule has 2 aliphatic rings. The molecule has 0 spiro atoms. The largest absolute Gasteiger partial charge is 0.490 e. The van der Waals surface area contributed by atoms with Crippen LogP contribution in [0.2, 0.25) is 18.1 Å². The van der Waals surface area contributed by atoms with Gasteiger partial charge in [0, 0.05) is 6.04 Å². The zero-order valence-electron chi connectivity index (χ0n) is 24.3. The molecular weight excluding hydrogens is 614 g/mol. The minimum atomic E-state index is -5.08. The van der Waals surface area contributed by atoms with Crippen LogP contribution in [0, 0.1) is 5.82 Å². The maximum absolute atomic E-state index is 16.1. The number of nitrogens with one attached hydrogen (secondary N) is 1. The van der Waals surface area contributed by atoms with Gasteiger partial charge in [-0.15, -0.1) is 0 Å². The molecule has 2 aromatic carbocycles. The third-order valence-electron chi connectivity index (χ3n) is 7.54. The molecule has 4 rings (SSSR count). The molecule has 2 aromatic rings. The number of carboxylic acid groups (broad SMARTS) is 1. The number of nitrogens with two attached hydrogens (primary N) is 1. The van der Waals surface area contributed by atoms with E-state index in [1.165, 1.54) is 0 Å². The van der Waals surface area contributed by atoms with Gasteiger partial charge in [-0.3, -0.25) is 4.79 Å². The summed E-state index contributed by atoms with van der Waals surface area (Å²) in [5.74, 6) is -4.18. The molecule has 1 heterocycles. The summed E-state index contributed by atoms with van der Waals surface area (Å²) in [7, 11) is -6.38. The lowest BCUT2D eigenvalue weighted by Gasteiger charge is -2.42. The molecule has 1 saturated heterocycles. The van der Waals surface area contributed by atoms with Crippen molar-refractivity contribution in [1.82, 2.24) is 4.72 Å². The topological polar surface area (TPSA) is 148 Å². The number of carbonyl (C=O) groups is 2. The number of hydrogen-bond donors (Lipinski definition) is 3. The van der Waals surface area contributed by atoms with Crippen molar-refractivity contribution >= 4 is 36.1 Å². The van der Waals surface area contributed by atoms with Gasteiger partial charge < -0.3 is 20.0 Å². The second-order valence-electron chi connectivity index (χ2n) is 11.8. The number of fused-ring (bicyclic) bond motifs is 1. The van der Waals surface area contributed by atoms with Gasteiger partial charge in [0.1, 0.15) is 24.6 Å². The predicted octanol–water partition coefficient (Wildman–Crippen LogP) is 4.04. The maximum atomic E-state index is 16.1. The monoisotopic (exact) mass is 649 g/mol. The molecule has 1 amide bonds. The van der Waals surface area contributed by atoms with Gasteiger partial charge in [0.15, 0.2) is 14.1 Å². The van der Waals surface area contributed by atoms with E-state index < -0.39 is 55.0 Å². The molecule has 1 aliphatic carbocycles. The summed E-state index contributed by atoms with van der Waals surface area (Å²) in [5.41, 5.74) is 8.02. The number of amides is 1. The molecule has 0 radical (unpaired) electrons. The van der Waals surface area contributed by atoms with Gasteiger partial charge in [0.05, 0.1) is 6.10 Å². The van der Waals surface area contributed by atoms with Crippen LogP contribution in [0.3, 0.4) is 0 Å². The maximum Gasteiger partial charge on any atom is 0.490 e. The summed E-state index contributed by atoms with van der Waals surface area (Å²) in [4.78, 5) is 20.8. The smallest absolute Gasteiger partial charge is 0.487 e. The molecule has 0 saturated carbocycles. The molecular formula is C27H35F4N3O7SSi. The van der Waals surface area contributed by atoms with Gasteiger partial charge in [-0.1, -0.05) is 51.1 Å². The zero-order chi connectivity index (χ0) is 32.5. The Morgan fingerprint density at radius 3 is 2.23 bits per heavy atom. The molecule has 0 unspecified atom stereocenters.